The molecule has 0 saturated carbocycles. The Morgan fingerprint density at radius 1 is 1.07 bits per heavy atom. The fourth-order valence-corrected chi connectivity index (χ4v) is 3.82. The van der Waals surface area contributed by atoms with Gasteiger partial charge in [0, 0.05) is 36.8 Å². The summed E-state index contributed by atoms with van der Waals surface area (Å²) in [6.07, 6.45) is 3.73. The van der Waals surface area contributed by atoms with E-state index in [0.717, 1.165) is 55.2 Å². The van der Waals surface area contributed by atoms with E-state index in [1.54, 1.807) is 0 Å². The number of likely N-dealkylation sites (tertiary alicyclic amines) is 1. The molecule has 2 aromatic carbocycles. The lowest BCUT2D eigenvalue weighted by molar-refractivity contribution is -0.123. The van der Waals surface area contributed by atoms with Crippen LogP contribution in [0.3, 0.4) is 0 Å². The molecule has 4 rings (SSSR count). The van der Waals surface area contributed by atoms with E-state index in [4.69, 9.17) is 10.5 Å². The second-order valence-corrected chi connectivity index (χ2v) is 7.57. The smallest absolute Gasteiger partial charge is 0.220 e. The third-order valence-electron chi connectivity index (χ3n) is 5.40. The average molecular weight is 390 g/mol. The van der Waals surface area contributed by atoms with Gasteiger partial charge in [-0.3, -0.25) is 14.4 Å². The van der Waals surface area contributed by atoms with Gasteiger partial charge < -0.3 is 10.5 Å². The maximum absolute atomic E-state index is 11.4. The SMILES string of the molecule is Cn1cc(CN2CCC(C(N)=O)CC2)c(-c2ccc(Oc3ccccc3)cc2)n1. The van der Waals surface area contributed by atoms with Crippen LogP contribution >= 0.6 is 0 Å². The third kappa shape index (κ3) is 4.66. The zero-order valence-corrected chi connectivity index (χ0v) is 16.6. The fraction of sp³-hybridized carbons (Fsp3) is 0.304. The largest absolute Gasteiger partial charge is 0.457 e. The quantitative estimate of drug-likeness (QED) is 0.698. The van der Waals surface area contributed by atoms with E-state index >= 15 is 0 Å². The van der Waals surface area contributed by atoms with E-state index in [-0.39, 0.29) is 11.8 Å². The van der Waals surface area contributed by atoms with Crippen LogP contribution in [-0.4, -0.2) is 33.7 Å². The molecule has 0 radical (unpaired) electrons. The van der Waals surface area contributed by atoms with Crippen LogP contribution in [0.4, 0.5) is 0 Å². The highest BCUT2D eigenvalue weighted by Gasteiger charge is 2.24. The first-order valence-corrected chi connectivity index (χ1v) is 9.96. The van der Waals surface area contributed by atoms with E-state index in [9.17, 15) is 4.79 Å². The van der Waals surface area contributed by atoms with Gasteiger partial charge in [0.25, 0.3) is 0 Å². The van der Waals surface area contributed by atoms with Crippen LogP contribution in [0.1, 0.15) is 18.4 Å². The molecule has 1 aliphatic heterocycles. The van der Waals surface area contributed by atoms with Crippen molar-refractivity contribution in [3.05, 3.63) is 66.4 Å². The van der Waals surface area contributed by atoms with Gasteiger partial charge in [0.1, 0.15) is 11.5 Å². The number of amides is 1. The fourth-order valence-electron chi connectivity index (χ4n) is 3.82. The molecule has 29 heavy (non-hydrogen) atoms. The van der Waals surface area contributed by atoms with Crippen molar-refractivity contribution in [2.45, 2.75) is 19.4 Å². The summed E-state index contributed by atoms with van der Waals surface area (Å²) in [4.78, 5) is 13.8. The van der Waals surface area contributed by atoms with Crippen LogP contribution in [0.2, 0.25) is 0 Å². The average Bonchev–Trinajstić information content (AvgIpc) is 3.10. The normalized spacial score (nSPS) is 15.3. The second-order valence-electron chi connectivity index (χ2n) is 7.57. The number of hydrogen-bond donors (Lipinski definition) is 1. The number of piperidine rings is 1. The lowest BCUT2D eigenvalue weighted by Crippen LogP contribution is -2.38. The molecular weight excluding hydrogens is 364 g/mol. The number of para-hydroxylation sites is 1. The highest BCUT2D eigenvalue weighted by Crippen LogP contribution is 2.28. The van der Waals surface area contributed by atoms with Crippen molar-refractivity contribution < 1.29 is 9.53 Å². The summed E-state index contributed by atoms with van der Waals surface area (Å²) >= 11 is 0. The van der Waals surface area contributed by atoms with Gasteiger partial charge in [-0.15, -0.1) is 0 Å². The zero-order chi connectivity index (χ0) is 20.2. The van der Waals surface area contributed by atoms with Gasteiger partial charge in [-0.1, -0.05) is 18.2 Å². The van der Waals surface area contributed by atoms with Gasteiger partial charge in [-0.2, -0.15) is 5.10 Å². The second kappa shape index (κ2) is 8.49. The summed E-state index contributed by atoms with van der Waals surface area (Å²) in [5.74, 6) is 1.45. The van der Waals surface area contributed by atoms with Gasteiger partial charge >= 0.3 is 0 Å². The number of rotatable bonds is 6. The summed E-state index contributed by atoms with van der Waals surface area (Å²) in [6.45, 7) is 2.58. The first-order valence-electron chi connectivity index (χ1n) is 9.96. The van der Waals surface area contributed by atoms with Crippen molar-refractivity contribution in [1.29, 1.82) is 0 Å². The molecule has 3 aromatic rings. The highest BCUT2D eigenvalue weighted by atomic mass is 16.5. The highest BCUT2D eigenvalue weighted by molar-refractivity contribution is 5.76. The Kier molecular flexibility index (Phi) is 5.62. The number of primary amides is 1. The Morgan fingerprint density at radius 2 is 1.72 bits per heavy atom. The van der Waals surface area contributed by atoms with Gasteiger partial charge in [-0.25, -0.2) is 0 Å². The number of carbonyl (C=O) groups excluding carboxylic acids is 1. The summed E-state index contributed by atoms with van der Waals surface area (Å²) in [6, 6.07) is 17.8. The van der Waals surface area contributed by atoms with E-state index in [1.807, 2.05) is 66.3 Å². The minimum Gasteiger partial charge on any atom is -0.457 e. The van der Waals surface area contributed by atoms with Crippen LogP contribution in [0, 0.1) is 5.92 Å². The van der Waals surface area contributed by atoms with Gasteiger partial charge in [-0.05, 0) is 62.3 Å². The molecule has 0 aliphatic carbocycles. The Bertz CT molecular complexity index is 958. The predicted octanol–water partition coefficient (Wildman–Crippen LogP) is 3.58. The molecule has 150 valence electrons. The van der Waals surface area contributed by atoms with E-state index < -0.39 is 0 Å². The van der Waals surface area contributed by atoms with Crippen molar-refractivity contribution in [2.75, 3.05) is 13.1 Å². The van der Waals surface area contributed by atoms with Gasteiger partial charge in [0.2, 0.25) is 5.91 Å². The Balaban J connectivity index is 1.46. The van der Waals surface area contributed by atoms with Crippen molar-refractivity contribution in [1.82, 2.24) is 14.7 Å². The maximum Gasteiger partial charge on any atom is 0.220 e. The van der Waals surface area contributed by atoms with Crippen LogP contribution in [-0.2, 0) is 18.4 Å². The van der Waals surface area contributed by atoms with Crippen molar-refractivity contribution in [3.63, 3.8) is 0 Å². The van der Waals surface area contributed by atoms with Crippen LogP contribution in [0.5, 0.6) is 11.5 Å². The summed E-state index contributed by atoms with van der Waals surface area (Å²) in [5.41, 5.74) is 8.68. The molecule has 1 amide bonds. The predicted molar refractivity (Wildman–Crippen MR) is 112 cm³/mol. The van der Waals surface area contributed by atoms with Crippen molar-refractivity contribution in [3.8, 4) is 22.8 Å². The minimum absolute atomic E-state index is 0.0109. The molecule has 6 heteroatoms. The van der Waals surface area contributed by atoms with E-state index in [0.29, 0.717) is 0 Å². The van der Waals surface area contributed by atoms with Gasteiger partial charge in [0.15, 0.2) is 0 Å². The third-order valence-corrected chi connectivity index (χ3v) is 5.40. The number of hydrogen-bond acceptors (Lipinski definition) is 4. The van der Waals surface area contributed by atoms with Crippen molar-refractivity contribution in [2.24, 2.45) is 18.7 Å². The van der Waals surface area contributed by atoms with Crippen LogP contribution in [0.15, 0.2) is 60.8 Å². The molecule has 0 atom stereocenters. The van der Waals surface area contributed by atoms with E-state index in [2.05, 4.69) is 16.2 Å². The lowest BCUT2D eigenvalue weighted by atomic mass is 9.96. The molecule has 6 nitrogen and oxygen atoms in total. The standard InChI is InChI=1S/C23H26N4O2/c1-26-15-19(16-27-13-11-18(12-14-27)23(24)28)22(25-26)17-7-9-21(10-8-17)29-20-5-3-2-4-6-20/h2-10,15,18H,11-14,16H2,1H3,(H2,24,28). The zero-order valence-electron chi connectivity index (χ0n) is 16.6. The Hall–Kier alpha value is -3.12. The summed E-state index contributed by atoms with van der Waals surface area (Å²) in [5, 5.41) is 4.68. The summed E-state index contributed by atoms with van der Waals surface area (Å²) in [7, 11) is 1.94. The number of ether oxygens (including phenoxy) is 1. The number of aromatic nitrogens is 2. The number of benzene rings is 2. The van der Waals surface area contributed by atoms with E-state index in [1.165, 1.54) is 5.56 Å². The number of carbonyl (C=O) groups is 1. The topological polar surface area (TPSA) is 73.4 Å². The Morgan fingerprint density at radius 3 is 2.38 bits per heavy atom. The molecule has 2 N–H and O–H groups in total. The monoisotopic (exact) mass is 390 g/mol. The Labute approximate surface area is 170 Å². The maximum atomic E-state index is 11.4. The molecular formula is C23H26N4O2. The van der Waals surface area contributed by atoms with Crippen molar-refractivity contribution >= 4 is 5.91 Å². The molecule has 2 heterocycles. The molecule has 1 fully saturated rings. The minimum atomic E-state index is -0.176. The molecule has 0 spiro atoms. The first-order chi connectivity index (χ1) is 14.1. The van der Waals surface area contributed by atoms with Gasteiger partial charge in [0.05, 0.1) is 5.69 Å². The first kappa shape index (κ1) is 19.2. The molecule has 0 bridgehead atoms. The lowest BCUT2D eigenvalue weighted by Gasteiger charge is -2.30. The molecule has 0 unspecified atom stereocenters. The number of nitrogens with two attached hydrogens (primary N) is 1. The summed E-state index contributed by atoms with van der Waals surface area (Å²) < 4.78 is 7.74. The molecule has 1 aliphatic rings. The number of aryl methyl sites for hydroxylation is 1. The van der Waals surface area contributed by atoms with Crippen LogP contribution < -0.4 is 10.5 Å². The molecule has 1 aromatic heterocycles. The molecule has 1 saturated heterocycles. The number of nitrogens with zero attached hydrogens (tertiary/aromatic N) is 3. The van der Waals surface area contributed by atoms with Crippen LogP contribution in [0.25, 0.3) is 11.3 Å².